The molecule has 1 N–H and O–H groups in total. The Morgan fingerprint density at radius 2 is 2.09 bits per heavy atom. The lowest BCUT2D eigenvalue weighted by atomic mass is 9.89. The lowest BCUT2D eigenvalue weighted by Gasteiger charge is -2.17. The maximum absolute atomic E-state index is 12.6. The van der Waals surface area contributed by atoms with Crippen molar-refractivity contribution in [3.05, 3.63) is 46.1 Å². The lowest BCUT2D eigenvalue weighted by molar-refractivity contribution is -0.118. The summed E-state index contributed by atoms with van der Waals surface area (Å²) in [6, 6.07) is 7.69. The van der Waals surface area contributed by atoms with Crippen molar-refractivity contribution >= 4 is 44.9 Å². The fourth-order valence-corrected chi connectivity index (χ4v) is 6.60. The van der Waals surface area contributed by atoms with Crippen molar-refractivity contribution in [2.75, 3.05) is 12.9 Å². The molecule has 5 rings (SSSR count). The van der Waals surface area contributed by atoms with Crippen molar-refractivity contribution in [1.82, 2.24) is 24.9 Å². The highest BCUT2D eigenvalue weighted by Crippen LogP contribution is 2.40. The van der Waals surface area contributed by atoms with Gasteiger partial charge in [-0.2, -0.15) is 0 Å². The Bertz CT molecular complexity index is 1340. The first-order valence-corrected chi connectivity index (χ1v) is 13.5. The van der Waals surface area contributed by atoms with Gasteiger partial charge in [0.25, 0.3) is 0 Å². The number of aryl methyl sites for hydroxylation is 1. The molecule has 9 heteroatoms. The van der Waals surface area contributed by atoms with Crippen LogP contribution < -0.4 is 10.1 Å². The number of nitrogens with zero attached hydrogens (tertiary/aromatic N) is 4. The third-order valence-corrected chi connectivity index (χ3v) is 8.37. The summed E-state index contributed by atoms with van der Waals surface area (Å²) in [7, 11) is 1.64. The van der Waals surface area contributed by atoms with Gasteiger partial charge in [-0.25, -0.2) is 4.98 Å². The zero-order chi connectivity index (χ0) is 23.8. The molecule has 3 aromatic heterocycles. The minimum Gasteiger partial charge on any atom is -0.497 e. The number of nitrogens with one attached hydrogen (secondary N) is 1. The van der Waals surface area contributed by atoms with E-state index < -0.39 is 0 Å². The van der Waals surface area contributed by atoms with E-state index >= 15 is 0 Å². The van der Waals surface area contributed by atoms with Crippen LogP contribution in [0.15, 0.2) is 29.4 Å². The number of fused-ring (bicyclic) bond motifs is 5. The van der Waals surface area contributed by atoms with E-state index in [1.54, 1.807) is 7.11 Å². The predicted molar refractivity (Wildman–Crippen MR) is 137 cm³/mol. The molecule has 0 aliphatic heterocycles. The lowest BCUT2D eigenvalue weighted by Crippen LogP contribution is -2.24. The van der Waals surface area contributed by atoms with Crippen LogP contribution in [0.3, 0.4) is 0 Å². The van der Waals surface area contributed by atoms with Gasteiger partial charge in [0.1, 0.15) is 16.4 Å². The van der Waals surface area contributed by atoms with E-state index in [1.807, 2.05) is 35.6 Å². The van der Waals surface area contributed by atoms with E-state index in [9.17, 15) is 4.79 Å². The summed E-state index contributed by atoms with van der Waals surface area (Å²) < 4.78 is 7.25. The van der Waals surface area contributed by atoms with Crippen molar-refractivity contribution in [3.8, 4) is 5.75 Å². The highest BCUT2D eigenvalue weighted by molar-refractivity contribution is 7.99. The molecule has 178 valence electrons. The smallest absolute Gasteiger partial charge is 0.230 e. The van der Waals surface area contributed by atoms with Gasteiger partial charge in [-0.3, -0.25) is 9.20 Å². The fourth-order valence-electron chi connectivity index (χ4n) is 4.44. The minimum absolute atomic E-state index is 0.0420. The van der Waals surface area contributed by atoms with Gasteiger partial charge in [0.15, 0.2) is 10.8 Å². The second-order valence-electron chi connectivity index (χ2n) is 9.21. The van der Waals surface area contributed by atoms with Crippen LogP contribution in [0.25, 0.3) is 15.9 Å². The Morgan fingerprint density at radius 1 is 1.29 bits per heavy atom. The first-order valence-electron chi connectivity index (χ1n) is 11.7. The molecule has 1 aliphatic rings. The van der Waals surface area contributed by atoms with E-state index in [0.29, 0.717) is 12.5 Å². The van der Waals surface area contributed by atoms with Crippen molar-refractivity contribution in [2.24, 2.45) is 5.92 Å². The number of aromatic nitrogens is 4. The van der Waals surface area contributed by atoms with Crippen LogP contribution in [0.2, 0.25) is 0 Å². The topological polar surface area (TPSA) is 81.4 Å². The van der Waals surface area contributed by atoms with Gasteiger partial charge in [0, 0.05) is 17.3 Å². The number of rotatable bonds is 7. The van der Waals surface area contributed by atoms with Gasteiger partial charge in [0.2, 0.25) is 5.91 Å². The number of hydrogen-bond donors (Lipinski definition) is 1. The number of methoxy groups -OCH3 is 1. The molecule has 0 spiro atoms. The summed E-state index contributed by atoms with van der Waals surface area (Å²) in [5, 5.41) is 13.9. The van der Waals surface area contributed by atoms with E-state index in [2.05, 4.69) is 40.7 Å². The average molecular weight is 496 g/mol. The van der Waals surface area contributed by atoms with Gasteiger partial charge >= 0.3 is 0 Å². The second-order valence-corrected chi connectivity index (χ2v) is 11.2. The van der Waals surface area contributed by atoms with Crippen LogP contribution in [0.4, 0.5) is 0 Å². The molecule has 34 heavy (non-hydrogen) atoms. The Labute approximate surface area is 207 Å². The third-order valence-electron chi connectivity index (χ3n) is 6.29. The van der Waals surface area contributed by atoms with Crippen LogP contribution in [0.5, 0.6) is 5.75 Å². The van der Waals surface area contributed by atoms with E-state index in [4.69, 9.17) is 9.72 Å². The first-order chi connectivity index (χ1) is 16.4. The summed E-state index contributed by atoms with van der Waals surface area (Å²) in [5.74, 6) is 2.89. The number of thiophene rings is 1. The largest absolute Gasteiger partial charge is 0.497 e. The van der Waals surface area contributed by atoms with Crippen molar-refractivity contribution < 1.29 is 9.53 Å². The minimum atomic E-state index is -0.0420. The molecule has 0 bridgehead atoms. The molecule has 0 fully saturated rings. The molecule has 3 heterocycles. The van der Waals surface area contributed by atoms with E-state index in [1.165, 1.54) is 28.6 Å². The predicted octanol–water partition coefficient (Wildman–Crippen LogP) is 5.00. The Kier molecular flexibility index (Phi) is 6.48. The fraction of sp³-hybridized carbons (Fsp3) is 0.440. The quantitative estimate of drug-likeness (QED) is 0.363. The van der Waals surface area contributed by atoms with Crippen LogP contribution in [-0.2, 0) is 24.2 Å². The summed E-state index contributed by atoms with van der Waals surface area (Å²) >= 11 is 3.22. The Balaban J connectivity index is 1.38. The number of benzene rings is 1. The van der Waals surface area contributed by atoms with Crippen molar-refractivity contribution in [3.63, 3.8) is 0 Å². The highest BCUT2D eigenvalue weighted by atomic mass is 32.2. The van der Waals surface area contributed by atoms with Crippen molar-refractivity contribution in [1.29, 1.82) is 0 Å². The molecule has 0 radical (unpaired) electrons. The molecule has 1 atom stereocenters. The number of amides is 1. The summed E-state index contributed by atoms with van der Waals surface area (Å²) in [6.45, 7) is 7.07. The standard InChI is InChI=1S/C25H29N5O2S2/c1-14(2)22-27-24-21(18-10-5-15(3)11-19(18)34-24)23-28-29-25(30(22)23)33-13-20(31)26-12-16-6-8-17(32-4)9-7-16/h6-9,14-15H,5,10-13H2,1-4H3,(H,26,31)/t15-/m1/s1. The number of hydrogen-bond acceptors (Lipinski definition) is 7. The number of ether oxygens (including phenoxy) is 1. The summed E-state index contributed by atoms with van der Waals surface area (Å²) in [5.41, 5.74) is 3.30. The van der Waals surface area contributed by atoms with Gasteiger partial charge in [-0.05, 0) is 48.4 Å². The van der Waals surface area contributed by atoms with Crippen LogP contribution >= 0.6 is 23.1 Å². The van der Waals surface area contributed by atoms with Gasteiger partial charge in [0.05, 0.1) is 18.2 Å². The Morgan fingerprint density at radius 3 is 2.82 bits per heavy atom. The monoisotopic (exact) mass is 495 g/mol. The highest BCUT2D eigenvalue weighted by Gasteiger charge is 2.26. The van der Waals surface area contributed by atoms with E-state index in [0.717, 1.165) is 51.0 Å². The zero-order valence-electron chi connectivity index (χ0n) is 19.9. The van der Waals surface area contributed by atoms with Crippen LogP contribution in [-0.4, -0.2) is 38.4 Å². The SMILES string of the molecule is COc1ccc(CNC(=O)CSc2nnc3c4c5c(sc4nc(C(C)C)n23)C[C@H](C)CC5)cc1. The van der Waals surface area contributed by atoms with Crippen LogP contribution in [0.1, 0.15) is 54.9 Å². The van der Waals surface area contributed by atoms with Gasteiger partial charge < -0.3 is 10.1 Å². The molecule has 1 aliphatic carbocycles. The summed E-state index contributed by atoms with van der Waals surface area (Å²) in [6.07, 6.45) is 3.38. The number of thioether (sulfide) groups is 1. The molecule has 7 nitrogen and oxygen atoms in total. The molecule has 0 saturated carbocycles. The third kappa shape index (κ3) is 4.38. The number of carbonyl (C=O) groups is 1. The first kappa shape index (κ1) is 23.1. The Hall–Kier alpha value is -2.65. The molecule has 0 saturated heterocycles. The average Bonchev–Trinajstić information content (AvgIpc) is 3.41. The summed E-state index contributed by atoms with van der Waals surface area (Å²) in [4.78, 5) is 20.1. The molecular formula is C25H29N5O2S2. The molecule has 1 aromatic carbocycles. The zero-order valence-corrected chi connectivity index (χ0v) is 21.6. The molecular weight excluding hydrogens is 466 g/mol. The molecule has 1 amide bonds. The van der Waals surface area contributed by atoms with E-state index in [-0.39, 0.29) is 17.6 Å². The number of carbonyl (C=O) groups excluding carboxylic acids is 1. The normalized spacial score (nSPS) is 15.7. The molecule has 4 aromatic rings. The van der Waals surface area contributed by atoms with Crippen LogP contribution in [0, 0.1) is 5.92 Å². The second kappa shape index (κ2) is 9.54. The van der Waals surface area contributed by atoms with Crippen molar-refractivity contribution in [2.45, 2.75) is 57.7 Å². The van der Waals surface area contributed by atoms with Gasteiger partial charge in [-0.15, -0.1) is 21.5 Å². The maximum atomic E-state index is 12.6. The molecule has 0 unspecified atom stereocenters. The maximum Gasteiger partial charge on any atom is 0.230 e. The van der Waals surface area contributed by atoms with Gasteiger partial charge in [-0.1, -0.05) is 44.7 Å².